The zero-order valence-corrected chi connectivity index (χ0v) is 10.7. The van der Waals surface area contributed by atoms with Crippen molar-refractivity contribution < 1.29 is 14.2 Å². The minimum absolute atomic E-state index is 0.598. The Morgan fingerprint density at radius 1 is 0.889 bits per heavy atom. The Balaban J connectivity index is 2.62. The third-order valence-corrected chi connectivity index (χ3v) is 2.72. The van der Waals surface area contributed by atoms with Crippen LogP contribution in [0.1, 0.15) is 0 Å². The van der Waals surface area contributed by atoms with Crippen molar-refractivity contribution in [2.75, 3.05) is 21.3 Å². The lowest BCUT2D eigenvalue weighted by Crippen LogP contribution is -1.96. The van der Waals surface area contributed by atoms with Crippen LogP contribution in [-0.4, -0.2) is 21.3 Å². The van der Waals surface area contributed by atoms with E-state index in [4.69, 9.17) is 14.2 Å². The van der Waals surface area contributed by atoms with Crippen molar-refractivity contribution in [2.24, 2.45) is 0 Å². The molecule has 0 bridgehead atoms. The SMILES string of the molecule is COc1ccc(-c2c[c]ccc2)c(OC)c1OC. The maximum atomic E-state index is 5.45. The lowest BCUT2D eigenvalue weighted by atomic mass is 10.0. The van der Waals surface area contributed by atoms with Crippen LogP contribution in [0.3, 0.4) is 0 Å². The molecule has 0 N–H and O–H groups in total. The van der Waals surface area contributed by atoms with Crippen molar-refractivity contribution in [3.63, 3.8) is 0 Å². The first-order valence-corrected chi connectivity index (χ1v) is 5.57. The molecule has 93 valence electrons. The van der Waals surface area contributed by atoms with Crippen molar-refractivity contribution in [2.45, 2.75) is 0 Å². The summed E-state index contributed by atoms with van der Waals surface area (Å²) in [5.74, 6) is 1.91. The van der Waals surface area contributed by atoms with Gasteiger partial charge >= 0.3 is 0 Å². The van der Waals surface area contributed by atoms with Crippen molar-refractivity contribution in [3.8, 4) is 28.4 Å². The second kappa shape index (κ2) is 5.45. The van der Waals surface area contributed by atoms with E-state index in [9.17, 15) is 0 Å². The van der Waals surface area contributed by atoms with E-state index < -0.39 is 0 Å². The van der Waals surface area contributed by atoms with E-state index in [1.807, 2.05) is 36.4 Å². The predicted molar refractivity (Wildman–Crippen MR) is 70.4 cm³/mol. The molecule has 2 aromatic carbocycles. The van der Waals surface area contributed by atoms with Crippen LogP contribution >= 0.6 is 0 Å². The van der Waals surface area contributed by atoms with E-state index >= 15 is 0 Å². The molecule has 0 unspecified atom stereocenters. The average Bonchev–Trinajstić information content (AvgIpc) is 2.46. The van der Waals surface area contributed by atoms with Crippen LogP contribution in [0.5, 0.6) is 17.2 Å². The molecule has 0 aliphatic heterocycles. The van der Waals surface area contributed by atoms with Crippen LogP contribution in [0.25, 0.3) is 11.1 Å². The first kappa shape index (κ1) is 12.3. The highest BCUT2D eigenvalue weighted by atomic mass is 16.5. The van der Waals surface area contributed by atoms with Gasteiger partial charge in [-0.15, -0.1) is 0 Å². The Kier molecular flexibility index (Phi) is 3.72. The first-order chi connectivity index (χ1) is 8.81. The largest absolute Gasteiger partial charge is 0.493 e. The molecule has 0 saturated heterocycles. The van der Waals surface area contributed by atoms with Crippen LogP contribution in [0.2, 0.25) is 0 Å². The standard InChI is InChI=1S/C15H15O3/c1-16-13-10-9-12(11-7-5-4-6-8-11)14(17-2)15(13)18-3/h4-5,7-10H,1-3H3. The molecule has 1 radical (unpaired) electrons. The number of ether oxygens (including phenoxy) is 3. The normalized spacial score (nSPS) is 9.94. The van der Waals surface area contributed by atoms with E-state index in [1.165, 1.54) is 0 Å². The molecule has 3 heteroatoms. The van der Waals surface area contributed by atoms with Gasteiger partial charge in [0.05, 0.1) is 21.3 Å². The van der Waals surface area contributed by atoms with Gasteiger partial charge in [0.1, 0.15) is 0 Å². The summed E-state index contributed by atoms with van der Waals surface area (Å²) in [7, 11) is 4.82. The Labute approximate surface area is 107 Å². The van der Waals surface area contributed by atoms with Crippen LogP contribution < -0.4 is 14.2 Å². The second-order valence-electron chi connectivity index (χ2n) is 3.67. The Morgan fingerprint density at radius 2 is 1.67 bits per heavy atom. The highest BCUT2D eigenvalue weighted by molar-refractivity contribution is 5.76. The third-order valence-electron chi connectivity index (χ3n) is 2.72. The maximum absolute atomic E-state index is 5.45. The van der Waals surface area contributed by atoms with Crippen LogP contribution in [0, 0.1) is 6.07 Å². The molecule has 18 heavy (non-hydrogen) atoms. The zero-order valence-electron chi connectivity index (χ0n) is 10.7. The average molecular weight is 243 g/mol. The van der Waals surface area contributed by atoms with Crippen molar-refractivity contribution in [1.82, 2.24) is 0 Å². The van der Waals surface area contributed by atoms with Gasteiger partial charge in [0.25, 0.3) is 0 Å². The van der Waals surface area contributed by atoms with Gasteiger partial charge in [-0.3, -0.25) is 0 Å². The summed E-state index contributed by atoms with van der Waals surface area (Å²) >= 11 is 0. The monoisotopic (exact) mass is 243 g/mol. The minimum Gasteiger partial charge on any atom is -0.493 e. The van der Waals surface area contributed by atoms with E-state index in [2.05, 4.69) is 6.07 Å². The molecule has 0 aromatic heterocycles. The quantitative estimate of drug-likeness (QED) is 0.825. The van der Waals surface area contributed by atoms with Gasteiger partial charge in [-0.25, -0.2) is 0 Å². The summed E-state index contributed by atoms with van der Waals surface area (Å²) in [5, 5.41) is 0. The van der Waals surface area contributed by atoms with Gasteiger partial charge in [0.15, 0.2) is 11.5 Å². The Morgan fingerprint density at radius 3 is 2.22 bits per heavy atom. The number of benzene rings is 2. The Bertz CT molecular complexity index is 521. The number of methoxy groups -OCH3 is 3. The molecule has 0 fully saturated rings. The number of hydrogen-bond acceptors (Lipinski definition) is 3. The van der Waals surface area contributed by atoms with Crippen molar-refractivity contribution in [3.05, 3.63) is 42.5 Å². The number of rotatable bonds is 4. The lowest BCUT2D eigenvalue weighted by molar-refractivity contribution is 0.325. The predicted octanol–water partition coefficient (Wildman–Crippen LogP) is 3.18. The fraction of sp³-hybridized carbons (Fsp3) is 0.200. The van der Waals surface area contributed by atoms with Gasteiger partial charge in [0, 0.05) is 5.56 Å². The number of hydrogen-bond donors (Lipinski definition) is 0. The third kappa shape index (κ3) is 2.12. The molecule has 0 saturated carbocycles. The van der Waals surface area contributed by atoms with E-state index in [-0.39, 0.29) is 0 Å². The smallest absolute Gasteiger partial charge is 0.203 e. The molecule has 3 nitrogen and oxygen atoms in total. The molecular formula is C15H15O3. The van der Waals surface area contributed by atoms with Gasteiger partial charge in [-0.1, -0.05) is 18.2 Å². The highest BCUT2D eigenvalue weighted by Crippen LogP contribution is 2.43. The van der Waals surface area contributed by atoms with E-state index in [0.29, 0.717) is 17.2 Å². The summed E-state index contributed by atoms with van der Waals surface area (Å²) < 4.78 is 16.1. The minimum atomic E-state index is 0.598. The molecule has 0 aliphatic rings. The fourth-order valence-electron chi connectivity index (χ4n) is 1.89. The molecule has 0 aliphatic carbocycles. The zero-order chi connectivity index (χ0) is 13.0. The topological polar surface area (TPSA) is 27.7 Å². The second-order valence-corrected chi connectivity index (χ2v) is 3.67. The summed E-state index contributed by atoms with van der Waals surface area (Å²) in [6.45, 7) is 0. The first-order valence-electron chi connectivity index (χ1n) is 5.57. The molecule has 0 atom stereocenters. The lowest BCUT2D eigenvalue weighted by Gasteiger charge is -2.15. The van der Waals surface area contributed by atoms with Gasteiger partial charge < -0.3 is 14.2 Å². The summed E-state index contributed by atoms with van der Waals surface area (Å²) in [4.78, 5) is 0. The maximum Gasteiger partial charge on any atom is 0.203 e. The molecule has 2 rings (SSSR count). The summed E-state index contributed by atoms with van der Waals surface area (Å²) in [6.07, 6.45) is 0. The van der Waals surface area contributed by atoms with E-state index in [0.717, 1.165) is 11.1 Å². The molecule has 0 heterocycles. The summed E-state index contributed by atoms with van der Waals surface area (Å²) in [6, 6.07) is 14.6. The van der Waals surface area contributed by atoms with Crippen LogP contribution in [0.4, 0.5) is 0 Å². The van der Waals surface area contributed by atoms with Crippen molar-refractivity contribution >= 4 is 0 Å². The van der Waals surface area contributed by atoms with Crippen LogP contribution in [-0.2, 0) is 0 Å². The summed E-state index contributed by atoms with van der Waals surface area (Å²) in [5.41, 5.74) is 1.97. The molecule has 2 aromatic rings. The van der Waals surface area contributed by atoms with Gasteiger partial charge in [0.2, 0.25) is 5.75 Å². The van der Waals surface area contributed by atoms with Crippen LogP contribution in [0.15, 0.2) is 36.4 Å². The van der Waals surface area contributed by atoms with Gasteiger partial charge in [-0.2, -0.15) is 0 Å². The fourth-order valence-corrected chi connectivity index (χ4v) is 1.89. The van der Waals surface area contributed by atoms with E-state index in [1.54, 1.807) is 21.3 Å². The molecule has 0 amide bonds. The van der Waals surface area contributed by atoms with Crippen molar-refractivity contribution in [1.29, 1.82) is 0 Å². The Hall–Kier alpha value is -2.16. The molecule has 0 spiro atoms. The molecular weight excluding hydrogens is 228 g/mol. The highest BCUT2D eigenvalue weighted by Gasteiger charge is 2.16. The van der Waals surface area contributed by atoms with Gasteiger partial charge in [-0.05, 0) is 29.8 Å².